The second-order valence-electron chi connectivity index (χ2n) is 7.68. The lowest BCUT2D eigenvalue weighted by atomic mass is 9.97. The van der Waals surface area contributed by atoms with E-state index in [1.807, 2.05) is 37.5 Å². The van der Waals surface area contributed by atoms with Gasteiger partial charge in [-0.25, -0.2) is 15.0 Å². The maximum absolute atomic E-state index is 8.92. The molecular weight excluding hydrogens is 374 g/mol. The normalized spacial score (nSPS) is 16.8. The Hall–Kier alpha value is -3.37. The molecule has 0 spiro atoms. The number of piperidine rings is 1. The highest BCUT2D eigenvalue weighted by Gasteiger charge is 2.26. The molecule has 7 nitrogen and oxygen atoms in total. The fourth-order valence-corrected chi connectivity index (χ4v) is 3.92. The lowest BCUT2D eigenvalue weighted by molar-refractivity contribution is 0.137. The van der Waals surface area contributed by atoms with E-state index in [2.05, 4.69) is 38.2 Å². The molecule has 4 rings (SSSR count). The molecule has 1 aliphatic rings. The van der Waals surface area contributed by atoms with Gasteiger partial charge < -0.3 is 5.32 Å². The Balaban J connectivity index is 1.58. The molecule has 30 heavy (non-hydrogen) atoms. The fraction of sp³-hybridized carbons (Fsp3) is 0.348. The van der Waals surface area contributed by atoms with Gasteiger partial charge in [0.05, 0.1) is 23.6 Å². The lowest BCUT2D eigenvalue weighted by Gasteiger charge is -2.35. The molecule has 3 aromatic heterocycles. The van der Waals surface area contributed by atoms with E-state index in [4.69, 9.17) is 10.2 Å². The van der Waals surface area contributed by atoms with Crippen LogP contribution in [-0.2, 0) is 6.54 Å². The van der Waals surface area contributed by atoms with Crippen molar-refractivity contribution < 1.29 is 0 Å². The van der Waals surface area contributed by atoms with Crippen LogP contribution in [0.25, 0.3) is 0 Å². The summed E-state index contributed by atoms with van der Waals surface area (Å²) in [4.78, 5) is 20.2. The molecule has 7 heteroatoms. The maximum atomic E-state index is 8.92. The summed E-state index contributed by atoms with van der Waals surface area (Å²) in [7, 11) is 0. The number of nitrogens with zero attached hydrogens (tertiary/aromatic N) is 6. The molecule has 0 unspecified atom stereocenters. The molecule has 0 amide bonds. The van der Waals surface area contributed by atoms with Gasteiger partial charge in [-0.2, -0.15) is 5.26 Å². The van der Waals surface area contributed by atoms with Gasteiger partial charge in [0, 0.05) is 25.0 Å². The molecule has 0 saturated carbocycles. The molecule has 1 N–H and O–H groups in total. The first kappa shape index (κ1) is 19.9. The standard InChI is InChI=1S/C23H25N7/c1-16-13-25-9-8-18(16)15-30-10-4-3-5-22(30)21-11-23(28-17(2)27-21)29-20-7-6-19(12-24)26-14-20/h6-9,11,13-14,22H,3-5,10,15H2,1-2H3,(H,27,28,29)/t22-/m0/s1. The number of rotatable bonds is 5. The van der Waals surface area contributed by atoms with E-state index in [9.17, 15) is 0 Å². The van der Waals surface area contributed by atoms with Crippen LogP contribution in [0, 0.1) is 25.2 Å². The molecule has 1 atom stereocenters. The zero-order chi connectivity index (χ0) is 20.9. The summed E-state index contributed by atoms with van der Waals surface area (Å²) in [6, 6.07) is 9.96. The summed E-state index contributed by atoms with van der Waals surface area (Å²) >= 11 is 0. The first-order chi connectivity index (χ1) is 14.6. The van der Waals surface area contributed by atoms with Crippen molar-refractivity contribution in [2.75, 3.05) is 11.9 Å². The van der Waals surface area contributed by atoms with Crippen molar-refractivity contribution in [3.63, 3.8) is 0 Å². The zero-order valence-corrected chi connectivity index (χ0v) is 17.3. The topological polar surface area (TPSA) is 90.6 Å². The van der Waals surface area contributed by atoms with Crippen molar-refractivity contribution in [1.82, 2.24) is 24.8 Å². The number of likely N-dealkylation sites (tertiary alicyclic amines) is 1. The van der Waals surface area contributed by atoms with E-state index >= 15 is 0 Å². The summed E-state index contributed by atoms with van der Waals surface area (Å²) in [6.45, 7) is 5.98. The molecule has 0 bridgehead atoms. The summed E-state index contributed by atoms with van der Waals surface area (Å²) in [5.41, 5.74) is 4.76. The molecule has 4 heterocycles. The molecule has 152 valence electrons. The number of aryl methyl sites for hydroxylation is 2. The molecule has 0 aliphatic carbocycles. The summed E-state index contributed by atoms with van der Waals surface area (Å²) in [5, 5.41) is 12.2. The van der Waals surface area contributed by atoms with E-state index in [0.717, 1.165) is 42.5 Å². The van der Waals surface area contributed by atoms with Gasteiger partial charge in [0.15, 0.2) is 0 Å². The van der Waals surface area contributed by atoms with Crippen molar-refractivity contribution >= 4 is 11.5 Å². The summed E-state index contributed by atoms with van der Waals surface area (Å²) in [6.07, 6.45) is 8.92. The van der Waals surface area contributed by atoms with Gasteiger partial charge in [0.25, 0.3) is 0 Å². The highest BCUT2D eigenvalue weighted by molar-refractivity contribution is 5.55. The molecule has 3 aromatic rings. The Morgan fingerprint density at radius 1 is 1.17 bits per heavy atom. The highest BCUT2D eigenvalue weighted by atomic mass is 15.2. The monoisotopic (exact) mass is 399 g/mol. The van der Waals surface area contributed by atoms with Crippen molar-refractivity contribution in [1.29, 1.82) is 5.26 Å². The van der Waals surface area contributed by atoms with Gasteiger partial charge in [-0.05, 0) is 62.6 Å². The van der Waals surface area contributed by atoms with Crippen molar-refractivity contribution in [2.24, 2.45) is 0 Å². The average Bonchev–Trinajstić information content (AvgIpc) is 2.76. The Labute approximate surface area is 176 Å². The van der Waals surface area contributed by atoms with Crippen LogP contribution in [-0.4, -0.2) is 31.4 Å². The third-order valence-electron chi connectivity index (χ3n) is 5.47. The van der Waals surface area contributed by atoms with Gasteiger partial charge in [-0.3, -0.25) is 9.88 Å². The van der Waals surface area contributed by atoms with Crippen molar-refractivity contribution in [2.45, 2.75) is 45.7 Å². The third-order valence-corrected chi connectivity index (χ3v) is 5.47. The second-order valence-corrected chi connectivity index (χ2v) is 7.68. The van der Waals surface area contributed by atoms with E-state index in [1.165, 1.54) is 24.0 Å². The van der Waals surface area contributed by atoms with Crippen LogP contribution in [0.2, 0.25) is 0 Å². The smallest absolute Gasteiger partial charge is 0.140 e. The van der Waals surface area contributed by atoms with Crippen LogP contribution in [0.4, 0.5) is 11.5 Å². The van der Waals surface area contributed by atoms with Crippen LogP contribution in [0.1, 0.15) is 53.6 Å². The largest absolute Gasteiger partial charge is 0.339 e. The minimum Gasteiger partial charge on any atom is -0.339 e. The number of nitrogens with one attached hydrogen (secondary N) is 1. The minimum atomic E-state index is 0.257. The van der Waals surface area contributed by atoms with Gasteiger partial charge in [-0.1, -0.05) is 6.42 Å². The second kappa shape index (κ2) is 8.97. The number of aromatic nitrogens is 4. The molecule has 1 fully saturated rings. The van der Waals surface area contributed by atoms with Crippen LogP contribution in [0.5, 0.6) is 0 Å². The predicted molar refractivity (Wildman–Crippen MR) is 115 cm³/mol. The molecule has 0 aromatic carbocycles. The van der Waals surface area contributed by atoms with Crippen LogP contribution >= 0.6 is 0 Å². The molecule has 1 saturated heterocycles. The van der Waals surface area contributed by atoms with E-state index in [0.29, 0.717) is 5.69 Å². The number of hydrogen-bond donors (Lipinski definition) is 1. The van der Waals surface area contributed by atoms with Gasteiger partial charge in [-0.15, -0.1) is 0 Å². The Bertz CT molecular complexity index is 1060. The minimum absolute atomic E-state index is 0.257. The summed E-state index contributed by atoms with van der Waals surface area (Å²) in [5.74, 6) is 1.48. The van der Waals surface area contributed by atoms with Crippen LogP contribution in [0.15, 0.2) is 42.9 Å². The van der Waals surface area contributed by atoms with E-state index < -0.39 is 0 Å². The Morgan fingerprint density at radius 3 is 2.83 bits per heavy atom. The molecule has 0 radical (unpaired) electrons. The van der Waals surface area contributed by atoms with Gasteiger partial charge in [0.2, 0.25) is 0 Å². The van der Waals surface area contributed by atoms with Crippen LogP contribution < -0.4 is 5.32 Å². The summed E-state index contributed by atoms with van der Waals surface area (Å²) < 4.78 is 0. The molecule has 1 aliphatic heterocycles. The van der Waals surface area contributed by atoms with Gasteiger partial charge in [0.1, 0.15) is 23.4 Å². The number of anilines is 2. The average molecular weight is 400 g/mol. The number of nitriles is 1. The Morgan fingerprint density at radius 2 is 2.07 bits per heavy atom. The Kier molecular flexibility index (Phi) is 5.96. The number of hydrogen-bond acceptors (Lipinski definition) is 7. The fourth-order valence-electron chi connectivity index (χ4n) is 3.92. The predicted octanol–water partition coefficient (Wildman–Crippen LogP) is 4.23. The first-order valence-corrected chi connectivity index (χ1v) is 10.2. The van der Waals surface area contributed by atoms with Crippen molar-refractivity contribution in [3.8, 4) is 6.07 Å². The zero-order valence-electron chi connectivity index (χ0n) is 17.3. The first-order valence-electron chi connectivity index (χ1n) is 10.2. The van der Waals surface area contributed by atoms with E-state index in [-0.39, 0.29) is 6.04 Å². The highest BCUT2D eigenvalue weighted by Crippen LogP contribution is 2.32. The quantitative estimate of drug-likeness (QED) is 0.686. The van der Waals surface area contributed by atoms with Crippen LogP contribution in [0.3, 0.4) is 0 Å². The lowest BCUT2D eigenvalue weighted by Crippen LogP contribution is -2.33. The van der Waals surface area contributed by atoms with Crippen molar-refractivity contribution in [3.05, 3.63) is 71.2 Å². The molecular formula is C23H25N7. The van der Waals surface area contributed by atoms with Gasteiger partial charge >= 0.3 is 0 Å². The maximum Gasteiger partial charge on any atom is 0.140 e. The third kappa shape index (κ3) is 4.61. The number of pyridine rings is 2. The SMILES string of the molecule is Cc1nc(Nc2ccc(C#N)nc2)cc([C@@H]2CCCCN2Cc2ccncc2C)n1. The van der Waals surface area contributed by atoms with E-state index in [1.54, 1.807) is 12.3 Å².